The zero-order chi connectivity index (χ0) is 22.0. The molecule has 1 aromatic heterocycles. The lowest BCUT2D eigenvalue weighted by Gasteiger charge is -2.03. The summed E-state index contributed by atoms with van der Waals surface area (Å²) in [6, 6.07) is 15.1. The molecular formula is C22H16Cl2N4O2S. The molecule has 0 radical (unpaired) electrons. The first-order valence-electron chi connectivity index (χ1n) is 9.26. The van der Waals surface area contributed by atoms with E-state index in [1.165, 1.54) is 6.92 Å². The van der Waals surface area contributed by atoms with Crippen LogP contribution in [-0.2, 0) is 16.1 Å². The number of carbonyl (C=O) groups is 2. The first-order chi connectivity index (χ1) is 14.9. The molecular weight excluding hydrogens is 455 g/mol. The van der Waals surface area contributed by atoms with Gasteiger partial charge in [0.25, 0.3) is 5.91 Å². The Bertz CT molecular complexity index is 1240. The highest BCUT2D eigenvalue weighted by molar-refractivity contribution is 8.18. The molecule has 2 amide bonds. The quantitative estimate of drug-likeness (QED) is 0.543. The highest BCUT2D eigenvalue weighted by Crippen LogP contribution is 2.31. The number of benzene rings is 2. The summed E-state index contributed by atoms with van der Waals surface area (Å²) >= 11 is 13.3. The molecule has 0 fully saturated rings. The molecule has 0 saturated carbocycles. The number of amides is 2. The van der Waals surface area contributed by atoms with Gasteiger partial charge in [0.15, 0.2) is 5.17 Å². The van der Waals surface area contributed by atoms with Crippen molar-refractivity contribution in [2.45, 2.75) is 13.5 Å². The zero-order valence-corrected chi connectivity index (χ0v) is 18.6. The topological polar surface area (TPSA) is 76.3 Å². The van der Waals surface area contributed by atoms with E-state index in [1.54, 1.807) is 22.9 Å². The lowest BCUT2D eigenvalue weighted by Crippen LogP contribution is -2.23. The van der Waals surface area contributed by atoms with Crippen molar-refractivity contribution in [1.29, 1.82) is 0 Å². The number of rotatable bonds is 4. The molecule has 1 aliphatic heterocycles. The van der Waals surface area contributed by atoms with Crippen LogP contribution in [0.5, 0.6) is 0 Å². The summed E-state index contributed by atoms with van der Waals surface area (Å²) in [5.41, 5.74) is 3.36. The van der Waals surface area contributed by atoms with Gasteiger partial charge in [-0.3, -0.25) is 14.3 Å². The summed E-state index contributed by atoms with van der Waals surface area (Å²) in [7, 11) is 0. The summed E-state index contributed by atoms with van der Waals surface area (Å²) in [6.45, 7) is 1.85. The van der Waals surface area contributed by atoms with Crippen molar-refractivity contribution in [3.05, 3.63) is 80.8 Å². The van der Waals surface area contributed by atoms with Gasteiger partial charge in [-0.25, -0.2) is 0 Å². The Balaban J connectivity index is 1.69. The number of hydrogen-bond donors (Lipinski definition) is 1. The number of hydrogen-bond acceptors (Lipinski definition) is 4. The number of nitrogens with one attached hydrogen (secondary N) is 1. The van der Waals surface area contributed by atoms with Crippen LogP contribution in [0.3, 0.4) is 0 Å². The minimum Gasteiger partial charge on any atom is -0.305 e. The maximum absolute atomic E-state index is 12.3. The average molecular weight is 471 g/mol. The number of halogens is 2. The van der Waals surface area contributed by atoms with E-state index in [0.717, 1.165) is 34.1 Å². The molecule has 6 nitrogen and oxygen atoms in total. The molecule has 0 unspecified atom stereocenters. The van der Waals surface area contributed by atoms with Gasteiger partial charge in [-0.2, -0.15) is 10.1 Å². The van der Waals surface area contributed by atoms with Crippen LogP contribution in [0.4, 0.5) is 0 Å². The first kappa shape index (κ1) is 21.4. The Morgan fingerprint density at radius 3 is 2.65 bits per heavy atom. The lowest BCUT2D eigenvalue weighted by atomic mass is 10.1. The van der Waals surface area contributed by atoms with Gasteiger partial charge in [0.05, 0.1) is 27.2 Å². The van der Waals surface area contributed by atoms with Crippen LogP contribution in [0.25, 0.3) is 17.3 Å². The van der Waals surface area contributed by atoms with E-state index >= 15 is 0 Å². The van der Waals surface area contributed by atoms with E-state index in [2.05, 4.69) is 10.3 Å². The number of nitrogens with zero attached hydrogens (tertiary/aromatic N) is 3. The smallest absolute Gasteiger partial charge is 0.286 e. The molecule has 1 aliphatic rings. The summed E-state index contributed by atoms with van der Waals surface area (Å²) in [5.74, 6) is -0.676. The van der Waals surface area contributed by atoms with E-state index in [1.807, 2.05) is 42.6 Å². The molecule has 0 saturated heterocycles. The lowest BCUT2D eigenvalue weighted by molar-refractivity contribution is -0.117. The van der Waals surface area contributed by atoms with Gasteiger partial charge in [-0.15, -0.1) is 0 Å². The van der Waals surface area contributed by atoms with Gasteiger partial charge < -0.3 is 5.32 Å². The van der Waals surface area contributed by atoms with Gasteiger partial charge in [-0.05, 0) is 35.5 Å². The van der Waals surface area contributed by atoms with Crippen LogP contribution in [-0.4, -0.2) is 26.8 Å². The Labute approximate surface area is 193 Å². The summed E-state index contributed by atoms with van der Waals surface area (Å²) in [6.07, 6.45) is 3.61. The van der Waals surface area contributed by atoms with Crippen molar-refractivity contribution in [2.24, 2.45) is 4.99 Å². The van der Waals surface area contributed by atoms with Crippen molar-refractivity contribution in [2.75, 3.05) is 0 Å². The Morgan fingerprint density at radius 2 is 1.94 bits per heavy atom. The van der Waals surface area contributed by atoms with Crippen LogP contribution in [0.15, 0.2) is 64.6 Å². The molecule has 0 aliphatic carbocycles. The number of aromatic nitrogens is 2. The van der Waals surface area contributed by atoms with E-state index in [-0.39, 0.29) is 11.1 Å². The molecule has 0 bridgehead atoms. The van der Waals surface area contributed by atoms with E-state index < -0.39 is 5.91 Å². The Morgan fingerprint density at radius 1 is 1.16 bits per heavy atom. The van der Waals surface area contributed by atoms with Crippen molar-refractivity contribution in [3.8, 4) is 11.3 Å². The molecule has 1 N–H and O–H groups in total. The first-order valence-corrected chi connectivity index (χ1v) is 10.8. The predicted molar refractivity (Wildman–Crippen MR) is 125 cm³/mol. The van der Waals surface area contributed by atoms with Crippen molar-refractivity contribution < 1.29 is 9.59 Å². The van der Waals surface area contributed by atoms with Crippen LogP contribution >= 0.6 is 35.0 Å². The van der Waals surface area contributed by atoms with Gasteiger partial charge >= 0.3 is 0 Å². The average Bonchev–Trinajstić information content (AvgIpc) is 3.28. The van der Waals surface area contributed by atoms with Gasteiger partial charge in [0.2, 0.25) is 5.91 Å². The summed E-state index contributed by atoms with van der Waals surface area (Å²) in [5, 5.41) is 8.53. The molecule has 2 aromatic carbocycles. The monoisotopic (exact) mass is 470 g/mol. The standard InChI is InChI=1S/C22H16Cl2N4O2S/c1-13(29)25-22-26-21(30)19(31-22)10-16-12-28(11-14-7-8-17(23)18(24)9-14)27-20(16)15-5-3-2-4-6-15/h2-10,12H,11H2,1H3,(H,25,26,29,30). The fraction of sp³-hybridized carbons (Fsp3) is 0.0909. The predicted octanol–water partition coefficient (Wildman–Crippen LogP) is 5.01. The molecule has 3 aromatic rings. The molecule has 31 heavy (non-hydrogen) atoms. The molecule has 4 rings (SSSR count). The fourth-order valence-electron chi connectivity index (χ4n) is 3.02. The Hall–Kier alpha value is -2.87. The second-order valence-corrected chi connectivity index (χ2v) is 8.60. The minimum atomic E-state index is -0.398. The highest BCUT2D eigenvalue weighted by atomic mass is 35.5. The van der Waals surface area contributed by atoms with Crippen molar-refractivity contribution in [3.63, 3.8) is 0 Å². The molecule has 9 heteroatoms. The normalized spacial score (nSPS) is 14.7. The molecule has 0 atom stereocenters. The number of aliphatic imine (C=N–C) groups is 1. The molecule has 0 spiro atoms. The summed E-state index contributed by atoms with van der Waals surface area (Å²) < 4.78 is 1.79. The molecule has 2 heterocycles. The number of thioether (sulfide) groups is 1. The third-order valence-corrected chi connectivity index (χ3v) is 5.99. The zero-order valence-electron chi connectivity index (χ0n) is 16.3. The minimum absolute atomic E-state index is 0.271. The van der Waals surface area contributed by atoms with Crippen LogP contribution in [0.2, 0.25) is 10.0 Å². The van der Waals surface area contributed by atoms with Crippen molar-refractivity contribution in [1.82, 2.24) is 15.1 Å². The van der Waals surface area contributed by atoms with E-state index in [4.69, 9.17) is 28.3 Å². The summed E-state index contributed by atoms with van der Waals surface area (Å²) in [4.78, 5) is 27.9. The van der Waals surface area contributed by atoms with Crippen LogP contribution in [0.1, 0.15) is 18.1 Å². The fourth-order valence-corrected chi connectivity index (χ4v) is 4.19. The second-order valence-electron chi connectivity index (χ2n) is 6.76. The van der Waals surface area contributed by atoms with Gasteiger partial charge in [0.1, 0.15) is 0 Å². The van der Waals surface area contributed by atoms with Crippen molar-refractivity contribution >= 4 is 58.0 Å². The highest BCUT2D eigenvalue weighted by Gasteiger charge is 2.23. The van der Waals surface area contributed by atoms with Gasteiger partial charge in [0, 0.05) is 24.2 Å². The SMILES string of the molecule is CC(=O)NC1=NC(=O)C(=Cc2cn(Cc3ccc(Cl)c(Cl)c3)nc2-c2ccccc2)S1. The largest absolute Gasteiger partial charge is 0.305 e. The van der Waals surface area contributed by atoms with Gasteiger partial charge in [-0.1, -0.05) is 59.6 Å². The maximum atomic E-state index is 12.3. The van der Waals surface area contributed by atoms with Crippen LogP contribution in [0, 0.1) is 0 Å². The number of amidine groups is 1. The third-order valence-electron chi connectivity index (χ3n) is 4.36. The third kappa shape index (κ3) is 5.07. The van der Waals surface area contributed by atoms with Crippen LogP contribution < -0.4 is 5.32 Å². The Kier molecular flexibility index (Phi) is 6.27. The van der Waals surface area contributed by atoms with E-state index in [9.17, 15) is 9.59 Å². The van der Waals surface area contributed by atoms with E-state index in [0.29, 0.717) is 21.5 Å². The maximum Gasteiger partial charge on any atom is 0.286 e. The molecule has 156 valence electrons. The number of carbonyl (C=O) groups excluding carboxylic acids is 2. The second kappa shape index (κ2) is 9.09.